The number of hydrogen-bond acceptors (Lipinski definition) is 24. The number of unbranched alkanes of at least 4 members (excludes halogenated alkanes) is 1. The van der Waals surface area contributed by atoms with E-state index in [4.69, 9.17) is 42.7 Å². The van der Waals surface area contributed by atoms with Gasteiger partial charge in [-0.05, 0) is 132 Å². The third kappa shape index (κ3) is 25.1. The zero-order chi connectivity index (χ0) is 72.8. The number of hydrogen-bond donors (Lipinski definition) is 9. The Morgan fingerprint density at radius 3 is 1.86 bits per heavy atom. The van der Waals surface area contributed by atoms with Crippen LogP contribution in [0, 0.1) is 37.5 Å². The van der Waals surface area contributed by atoms with Crippen molar-refractivity contribution < 1.29 is 99.5 Å². The van der Waals surface area contributed by atoms with Gasteiger partial charge in [0.05, 0.1) is 76.4 Å². The molecule has 30 heteroatoms. The van der Waals surface area contributed by atoms with Crippen LogP contribution >= 0.6 is 0 Å². The lowest BCUT2D eigenvalue weighted by atomic mass is 9.73. The highest BCUT2D eigenvalue weighted by atomic mass is 32.2. The van der Waals surface area contributed by atoms with Gasteiger partial charge < -0.3 is 78.5 Å². The number of cyclic esters (lactones) is 1. The number of rotatable bonds is 21. The van der Waals surface area contributed by atoms with Crippen molar-refractivity contribution in [2.24, 2.45) is 28.8 Å². The second kappa shape index (κ2) is 38.9. The summed E-state index contributed by atoms with van der Waals surface area (Å²) < 4.78 is 99.9. The number of nitrogens with one attached hydrogen (secondary N) is 4. The molecule has 4 amide bonds. The molecule has 0 spiro atoms. The van der Waals surface area contributed by atoms with E-state index in [1.165, 1.54) is 38.3 Å². The molecule has 0 radical (unpaired) electrons. The Balaban J connectivity index is 0.000000411. The lowest BCUT2D eigenvalue weighted by Crippen LogP contribution is -2.61. The average molecular weight is 1420 g/mol. The molecule has 0 aromatic heterocycles. The van der Waals surface area contributed by atoms with Crippen LogP contribution in [0.5, 0.6) is 0 Å². The first kappa shape index (κ1) is 84.7. The fourth-order valence-electron chi connectivity index (χ4n) is 12.5. The van der Waals surface area contributed by atoms with Crippen LogP contribution in [-0.2, 0) is 67.6 Å². The minimum Gasteiger partial charge on any atom is -0.459 e. The van der Waals surface area contributed by atoms with E-state index in [1.807, 2.05) is 63.1 Å². The maximum absolute atomic E-state index is 14.3. The predicted octanol–water partition coefficient (Wildman–Crippen LogP) is 5.77. The molecule has 0 bridgehead atoms. The van der Waals surface area contributed by atoms with Gasteiger partial charge >= 0.3 is 18.0 Å². The molecule has 9 N–H and O–H groups in total. The fraction of sp³-hybridized carbons (Fsp3) is 0.761. The molecule has 0 unspecified atom stereocenters. The number of ether oxygens (including phenoxy) is 8. The van der Waals surface area contributed by atoms with Crippen LogP contribution < -0.4 is 20.2 Å². The van der Waals surface area contributed by atoms with Gasteiger partial charge in [0.2, 0.25) is 6.79 Å². The van der Waals surface area contributed by atoms with Crippen LogP contribution in [-0.4, -0.2) is 228 Å². The van der Waals surface area contributed by atoms with Gasteiger partial charge in [-0.1, -0.05) is 94.4 Å². The minimum absolute atomic E-state index is 0.0307. The molecule has 97 heavy (non-hydrogen) atoms. The summed E-state index contributed by atoms with van der Waals surface area (Å²) in [7, 11) is -0.841. The van der Waals surface area contributed by atoms with Gasteiger partial charge in [-0.2, -0.15) is 0 Å². The van der Waals surface area contributed by atoms with Crippen molar-refractivity contribution >= 4 is 43.8 Å². The Labute approximate surface area is 575 Å². The van der Waals surface area contributed by atoms with Crippen molar-refractivity contribution in [3.8, 4) is 0 Å². The summed E-state index contributed by atoms with van der Waals surface area (Å²) in [6.07, 6.45) is -3.45. The number of esters is 1. The summed E-state index contributed by atoms with van der Waals surface area (Å²) in [5.74, 6) is -4.14. The highest BCUT2D eigenvalue weighted by Crippen LogP contribution is 2.41. The molecule has 2 aromatic rings. The number of carbonyl (C=O) groups excluding carboxylic acids is 3. The largest absolute Gasteiger partial charge is 0.459 e. The normalized spacial score (nSPS) is 33.1. The Bertz CT molecular complexity index is 2980. The number of oxime groups is 1. The molecule has 4 saturated heterocycles. The van der Waals surface area contributed by atoms with E-state index in [-0.39, 0.29) is 54.6 Å². The first-order chi connectivity index (χ1) is 45.4. The Morgan fingerprint density at radius 1 is 0.763 bits per heavy atom. The molecule has 4 aliphatic rings. The summed E-state index contributed by atoms with van der Waals surface area (Å²) in [5, 5.41) is 67.8. The van der Waals surface area contributed by atoms with E-state index in [2.05, 4.69) is 15.9 Å². The number of urea groups is 2. The molecule has 18 atom stereocenters. The van der Waals surface area contributed by atoms with Gasteiger partial charge in [0.25, 0.3) is 20.0 Å². The molecule has 4 fully saturated rings. The van der Waals surface area contributed by atoms with E-state index >= 15 is 0 Å². The lowest BCUT2D eigenvalue weighted by Gasteiger charge is -2.49. The Morgan fingerprint density at radius 2 is 1.33 bits per heavy atom. The predicted molar refractivity (Wildman–Crippen MR) is 362 cm³/mol. The second-order valence-electron chi connectivity index (χ2n) is 27.0. The van der Waals surface area contributed by atoms with Crippen molar-refractivity contribution in [2.45, 2.75) is 248 Å². The molecular weight excluding hydrogens is 1300 g/mol. The Kier molecular flexibility index (Phi) is 34.0. The maximum Gasteiger partial charge on any atom is 0.343 e. The first-order valence-corrected chi connectivity index (χ1v) is 36.7. The zero-order valence-electron chi connectivity index (χ0n) is 60.0. The number of aliphatic hydroxyl groups excluding tert-OH is 3. The molecule has 6 rings (SSSR count). The van der Waals surface area contributed by atoms with Crippen molar-refractivity contribution in [1.29, 1.82) is 0 Å². The summed E-state index contributed by atoms with van der Waals surface area (Å²) in [4.78, 5) is 45.2. The van der Waals surface area contributed by atoms with Crippen LogP contribution in [0.2, 0.25) is 0 Å². The van der Waals surface area contributed by atoms with Gasteiger partial charge in [0.1, 0.15) is 23.9 Å². The molecule has 0 saturated carbocycles. The highest BCUT2D eigenvalue weighted by Gasteiger charge is 2.53. The number of aryl methyl sites for hydroxylation is 2. The fourth-order valence-corrected chi connectivity index (χ4v) is 14.3. The molecule has 0 aliphatic carbocycles. The van der Waals surface area contributed by atoms with E-state index in [0.717, 1.165) is 62.7 Å². The quantitative estimate of drug-likeness (QED) is 0.0310. The van der Waals surface area contributed by atoms with Gasteiger partial charge in [-0.3, -0.25) is 10.2 Å². The van der Waals surface area contributed by atoms with Gasteiger partial charge in [-0.25, -0.2) is 40.9 Å². The zero-order valence-corrected chi connectivity index (χ0v) is 61.7. The van der Waals surface area contributed by atoms with Gasteiger partial charge in [0, 0.05) is 64.1 Å². The van der Waals surface area contributed by atoms with E-state index in [1.54, 1.807) is 84.9 Å². The monoisotopic (exact) mass is 1420 g/mol. The minimum atomic E-state index is -3.82. The number of hydrazine groups is 1. The third-order valence-electron chi connectivity index (χ3n) is 18.4. The average Bonchev–Trinajstić information content (AvgIpc) is 1.00. The molecule has 4 heterocycles. The number of methoxy groups -OCH3 is 2. The summed E-state index contributed by atoms with van der Waals surface area (Å²) in [6, 6.07) is 10.9. The van der Waals surface area contributed by atoms with Gasteiger partial charge in [-0.15, -0.1) is 0 Å². The standard InChI is InChI=1S/C41H76N2O15.C14H21N3O3S.C12H18N2O3S/c1-15-29-41(10,49)34(45)24(4)31(42-53-21-52-17-16-50-13)22(2)19-39(8,48)36(58-38-32(44)28(43(11)12)18-23(3)54-38)25(5)33(26(6)37(47)56-29)57-30-20-40(9,51-14)35(46)27(7)55-30;1-12-6-8-13(9-7-12)21(19,20)16-14(18)15-17-10-4-2-3-5-11-17;1-3-4-9-13-12(15)14-18(16,17)11-7-5-10(2)6-8-11/h22-30,32-36,38,44-46,48-49H,15-21H2,1-14H3;6-9H,2-5,10-11H2,1H3,(H2,15,16,18);5-8H,3-4,9H2,1-2H3,(H2,13,14,15)/b42-31+;;/t22-,23-,24+,25+,26-,27+,28+,29-,30+,32-,33+,34-,35+,36-,38+,39-,40-,41-;;/m1../s1. The van der Waals surface area contributed by atoms with Crippen LogP contribution in [0.3, 0.4) is 0 Å². The van der Waals surface area contributed by atoms with E-state index in [9.17, 15) is 56.8 Å². The van der Waals surface area contributed by atoms with Crippen molar-refractivity contribution in [2.75, 3.05) is 68.0 Å². The van der Waals surface area contributed by atoms with E-state index < -0.39 is 134 Å². The van der Waals surface area contributed by atoms with Crippen LogP contribution in [0.1, 0.15) is 151 Å². The maximum atomic E-state index is 14.3. The number of nitrogens with zero attached hydrogens (tertiary/aromatic N) is 3. The SMILES string of the molecule is CCCCNC(=O)NS(=O)(=O)c1ccc(C)cc1.CC[C@H]1OC(=O)[C@H](C)[C@@H](O[C@H]2C[C@@](C)(OC)[C@@H](O)[C@H](C)O2)[C@H](C)[C@@H](O[C@@H]2O[C@H](C)C[C@H](N(C)C)[C@H]2O)[C@](C)(O)C[C@@H](C)/C(=N\OCOCCOC)[C@H](C)[C@@H](O)[C@]1(C)O.Cc1ccc(S(=O)(=O)NC(=O)NN2CCCCCC2)cc1. The molecule has 2 aromatic carbocycles. The number of aliphatic hydroxyl groups is 5. The summed E-state index contributed by atoms with van der Waals surface area (Å²) in [6.45, 7) is 25.0. The summed E-state index contributed by atoms with van der Waals surface area (Å²) >= 11 is 0. The van der Waals surface area contributed by atoms with Crippen LogP contribution in [0.25, 0.3) is 0 Å². The number of amides is 4. The third-order valence-corrected chi connectivity index (χ3v) is 21.1. The van der Waals surface area contributed by atoms with Crippen LogP contribution in [0.15, 0.2) is 63.5 Å². The smallest absolute Gasteiger partial charge is 0.343 e. The molecule has 556 valence electrons. The molecule has 28 nitrogen and oxygen atoms in total. The van der Waals surface area contributed by atoms with Crippen molar-refractivity contribution in [1.82, 2.24) is 30.1 Å². The second-order valence-corrected chi connectivity index (χ2v) is 30.4. The number of carbonyl (C=O) groups is 3. The number of sulfonamides is 2. The lowest BCUT2D eigenvalue weighted by molar-refractivity contribution is -0.317. The molecule has 4 aliphatic heterocycles. The van der Waals surface area contributed by atoms with Crippen LogP contribution in [0.4, 0.5) is 9.59 Å². The number of benzene rings is 2. The van der Waals surface area contributed by atoms with E-state index in [0.29, 0.717) is 25.3 Å². The Hall–Kier alpha value is -4.74. The molecular formula is C67H115N7O21S2. The van der Waals surface area contributed by atoms with Crippen molar-refractivity contribution in [3.05, 3.63) is 59.7 Å². The van der Waals surface area contributed by atoms with Gasteiger partial charge in [0.15, 0.2) is 12.6 Å². The number of likely N-dealkylation sites (N-methyl/N-ethyl adjacent to an activating group) is 1. The first-order valence-electron chi connectivity index (χ1n) is 33.7. The van der Waals surface area contributed by atoms with Crippen molar-refractivity contribution in [3.63, 3.8) is 0 Å². The highest BCUT2D eigenvalue weighted by molar-refractivity contribution is 7.90. The topological polar surface area (TPSA) is 371 Å². The summed E-state index contributed by atoms with van der Waals surface area (Å²) in [5.41, 5.74) is 0.0275.